The van der Waals surface area contributed by atoms with E-state index >= 15 is 0 Å². The van der Waals surface area contributed by atoms with Crippen molar-refractivity contribution in [2.45, 2.75) is 37.3 Å². The van der Waals surface area contributed by atoms with E-state index in [4.69, 9.17) is 5.73 Å². The molecule has 2 unspecified atom stereocenters. The van der Waals surface area contributed by atoms with E-state index in [1.165, 1.54) is 12.1 Å². The van der Waals surface area contributed by atoms with Gasteiger partial charge in [0.2, 0.25) is 10.0 Å². The smallest absolute Gasteiger partial charge is 0.243 e. The molecule has 0 aliphatic rings. The number of benzene rings is 1. The third-order valence-corrected chi connectivity index (χ3v) is 5.81. The zero-order valence-electron chi connectivity index (χ0n) is 10.5. The van der Waals surface area contributed by atoms with Gasteiger partial charge in [-0.3, -0.25) is 0 Å². The zero-order valence-corrected chi connectivity index (χ0v) is 14.5. The molecule has 2 atom stereocenters. The lowest BCUT2D eigenvalue weighted by atomic mass is 10.2. The fourth-order valence-electron chi connectivity index (χ4n) is 1.72. The molecule has 0 fully saturated rings. The summed E-state index contributed by atoms with van der Waals surface area (Å²) in [4.78, 5) is 0.0964. The second kappa shape index (κ2) is 6.53. The van der Waals surface area contributed by atoms with Crippen molar-refractivity contribution < 1.29 is 13.5 Å². The lowest BCUT2D eigenvalue weighted by Gasteiger charge is -2.17. The average Bonchev–Trinajstić information content (AvgIpc) is 2.10. The lowest BCUT2D eigenvalue weighted by Crippen LogP contribution is -2.35. The maximum atomic E-state index is 12.3. The molecular weight excluding hydrogens is 400 g/mol. The van der Waals surface area contributed by atoms with Crippen molar-refractivity contribution in [2.75, 3.05) is 5.73 Å². The Morgan fingerprint density at radius 1 is 1.32 bits per heavy atom. The van der Waals surface area contributed by atoms with Crippen molar-refractivity contribution >= 4 is 47.6 Å². The van der Waals surface area contributed by atoms with Gasteiger partial charge in [0.1, 0.15) is 4.90 Å². The molecule has 0 spiro atoms. The number of nitrogens with two attached hydrogens (primary N) is 1. The molecule has 0 aromatic heterocycles. The average molecular weight is 416 g/mol. The second-order valence-corrected chi connectivity index (χ2v) is 7.78. The number of sulfonamides is 1. The van der Waals surface area contributed by atoms with Crippen molar-refractivity contribution in [1.82, 2.24) is 4.72 Å². The van der Waals surface area contributed by atoms with Crippen LogP contribution in [0.3, 0.4) is 0 Å². The summed E-state index contributed by atoms with van der Waals surface area (Å²) in [5.74, 6) is 0. The van der Waals surface area contributed by atoms with Crippen LogP contribution < -0.4 is 10.5 Å². The van der Waals surface area contributed by atoms with Gasteiger partial charge in [-0.05, 0) is 64.3 Å². The van der Waals surface area contributed by atoms with Crippen LogP contribution in [0.15, 0.2) is 26.0 Å². The van der Waals surface area contributed by atoms with E-state index in [1.807, 2.05) is 0 Å². The van der Waals surface area contributed by atoms with Gasteiger partial charge in [-0.1, -0.05) is 0 Å². The van der Waals surface area contributed by atoms with Crippen LogP contribution >= 0.6 is 31.9 Å². The van der Waals surface area contributed by atoms with Gasteiger partial charge in [-0.25, -0.2) is 13.1 Å². The molecule has 0 amide bonds. The first-order chi connectivity index (χ1) is 8.63. The summed E-state index contributed by atoms with van der Waals surface area (Å²) in [5.41, 5.74) is 6.08. The molecule has 0 saturated heterocycles. The molecule has 0 radical (unpaired) electrons. The molecule has 5 nitrogen and oxygen atoms in total. The highest BCUT2D eigenvalue weighted by Crippen LogP contribution is 2.32. The summed E-state index contributed by atoms with van der Waals surface area (Å²) >= 11 is 6.39. The first kappa shape index (κ1) is 16.9. The van der Waals surface area contributed by atoms with E-state index < -0.39 is 16.1 Å². The Labute approximate surface area is 129 Å². The molecule has 0 heterocycles. The fourth-order valence-corrected chi connectivity index (χ4v) is 5.60. The maximum Gasteiger partial charge on any atom is 0.243 e. The van der Waals surface area contributed by atoms with Gasteiger partial charge in [-0.15, -0.1) is 0 Å². The second-order valence-electron chi connectivity index (χ2n) is 4.42. The number of hydrogen-bond acceptors (Lipinski definition) is 4. The predicted octanol–water partition coefficient (Wildman–Crippen LogP) is 2.23. The van der Waals surface area contributed by atoms with Gasteiger partial charge in [0.25, 0.3) is 0 Å². The summed E-state index contributed by atoms with van der Waals surface area (Å²) in [7, 11) is -3.69. The largest absolute Gasteiger partial charge is 0.399 e. The molecule has 0 bridgehead atoms. The Bertz CT molecular complexity index is 538. The molecule has 1 aromatic carbocycles. The van der Waals surface area contributed by atoms with Crippen LogP contribution in [0, 0.1) is 0 Å². The Balaban J connectivity index is 3.08. The van der Waals surface area contributed by atoms with Gasteiger partial charge in [-0.2, -0.15) is 0 Å². The molecule has 0 aliphatic carbocycles. The molecule has 8 heteroatoms. The maximum absolute atomic E-state index is 12.3. The van der Waals surface area contributed by atoms with Crippen LogP contribution in [0.4, 0.5) is 5.69 Å². The molecule has 0 saturated carbocycles. The standard InChI is InChI=1S/C11H16Br2N2O3S/c1-6(3-7(2)16)15-19(17,18)11-9(12)4-8(14)5-10(11)13/h4-7,15-16H,3,14H2,1-2H3. The molecule has 1 rings (SSSR count). The molecule has 4 N–H and O–H groups in total. The quantitative estimate of drug-likeness (QED) is 0.643. The predicted molar refractivity (Wildman–Crippen MR) is 82.3 cm³/mol. The van der Waals surface area contributed by atoms with E-state index in [0.717, 1.165) is 0 Å². The minimum Gasteiger partial charge on any atom is -0.399 e. The number of halogens is 2. The van der Waals surface area contributed by atoms with Crippen molar-refractivity contribution in [3.8, 4) is 0 Å². The minimum absolute atomic E-state index is 0.0964. The SMILES string of the molecule is CC(O)CC(C)NS(=O)(=O)c1c(Br)cc(N)cc1Br. The first-order valence-electron chi connectivity index (χ1n) is 5.58. The Hall–Kier alpha value is -0.150. The van der Waals surface area contributed by atoms with Gasteiger partial charge >= 0.3 is 0 Å². The Morgan fingerprint density at radius 3 is 2.21 bits per heavy atom. The Morgan fingerprint density at radius 2 is 1.79 bits per heavy atom. The third-order valence-electron chi connectivity index (χ3n) is 2.34. The Kier molecular flexibility index (Phi) is 5.81. The summed E-state index contributed by atoms with van der Waals surface area (Å²) in [6.07, 6.45) is -0.236. The van der Waals surface area contributed by atoms with Crippen LogP contribution in [0.1, 0.15) is 20.3 Å². The van der Waals surface area contributed by atoms with Gasteiger partial charge in [0.05, 0.1) is 6.10 Å². The van der Waals surface area contributed by atoms with Crippen molar-refractivity contribution in [3.05, 3.63) is 21.1 Å². The summed E-state index contributed by atoms with van der Waals surface area (Å²) in [5, 5.41) is 9.27. The van der Waals surface area contributed by atoms with E-state index in [0.29, 0.717) is 21.1 Å². The summed E-state index contributed by atoms with van der Waals surface area (Å²) in [6, 6.07) is 2.68. The van der Waals surface area contributed by atoms with Gasteiger partial charge in [0.15, 0.2) is 0 Å². The number of nitrogen functional groups attached to an aromatic ring is 1. The van der Waals surface area contributed by atoms with Gasteiger partial charge < -0.3 is 10.8 Å². The van der Waals surface area contributed by atoms with Crippen LogP contribution in [0.2, 0.25) is 0 Å². The van der Waals surface area contributed by atoms with Crippen LogP contribution in [-0.2, 0) is 10.0 Å². The summed E-state index contributed by atoms with van der Waals surface area (Å²) < 4.78 is 27.9. The van der Waals surface area contributed by atoms with E-state index in [1.54, 1.807) is 13.8 Å². The zero-order chi connectivity index (χ0) is 14.8. The van der Waals surface area contributed by atoms with Crippen LogP contribution in [0.5, 0.6) is 0 Å². The number of hydrogen-bond donors (Lipinski definition) is 3. The summed E-state index contributed by atoms with van der Waals surface area (Å²) in [6.45, 7) is 3.31. The van der Waals surface area contributed by atoms with Crippen LogP contribution in [-0.4, -0.2) is 25.7 Å². The highest BCUT2D eigenvalue weighted by atomic mass is 79.9. The molecule has 0 aliphatic heterocycles. The molecule has 1 aromatic rings. The first-order valence-corrected chi connectivity index (χ1v) is 8.65. The number of rotatable bonds is 5. The highest BCUT2D eigenvalue weighted by Gasteiger charge is 2.24. The number of anilines is 1. The lowest BCUT2D eigenvalue weighted by molar-refractivity contribution is 0.175. The third kappa shape index (κ3) is 4.71. The minimum atomic E-state index is -3.69. The highest BCUT2D eigenvalue weighted by molar-refractivity contribution is 9.11. The molecule has 108 valence electrons. The van der Waals surface area contributed by atoms with E-state index in [-0.39, 0.29) is 10.9 Å². The van der Waals surface area contributed by atoms with Crippen molar-refractivity contribution in [2.24, 2.45) is 0 Å². The molecular formula is C11H16Br2N2O3S. The monoisotopic (exact) mass is 414 g/mol. The number of nitrogens with one attached hydrogen (secondary N) is 1. The normalized spacial score (nSPS) is 15.2. The topological polar surface area (TPSA) is 92.4 Å². The number of aliphatic hydroxyl groups excluding tert-OH is 1. The van der Waals surface area contributed by atoms with E-state index in [2.05, 4.69) is 36.6 Å². The van der Waals surface area contributed by atoms with Crippen molar-refractivity contribution in [3.63, 3.8) is 0 Å². The van der Waals surface area contributed by atoms with E-state index in [9.17, 15) is 13.5 Å². The van der Waals surface area contributed by atoms with Crippen molar-refractivity contribution in [1.29, 1.82) is 0 Å². The fraction of sp³-hybridized carbons (Fsp3) is 0.455. The number of aliphatic hydroxyl groups is 1. The van der Waals surface area contributed by atoms with Gasteiger partial charge in [0, 0.05) is 20.7 Å². The van der Waals surface area contributed by atoms with Crippen LogP contribution in [0.25, 0.3) is 0 Å². The molecule has 19 heavy (non-hydrogen) atoms.